The molecule has 0 aliphatic rings. The normalized spacial score (nSPS) is 10.7. The molecule has 0 heterocycles. The van der Waals surface area contributed by atoms with E-state index >= 15 is 0 Å². The Labute approximate surface area is 56.2 Å². The van der Waals surface area contributed by atoms with Gasteiger partial charge in [0.15, 0.2) is 0 Å². The van der Waals surface area contributed by atoms with Crippen LogP contribution in [-0.4, -0.2) is 36.4 Å². The lowest BCUT2D eigenvalue weighted by molar-refractivity contribution is -0.243. The topological polar surface area (TPSA) is 32.7 Å². The van der Waals surface area contributed by atoms with Crippen molar-refractivity contribution < 1.29 is 10.1 Å². The lowest BCUT2D eigenvalue weighted by Gasteiger charge is -2.15. The minimum Gasteiger partial charge on any atom is -0.301 e. The van der Waals surface area contributed by atoms with Crippen LogP contribution in [0.2, 0.25) is 0 Å². The van der Waals surface area contributed by atoms with Gasteiger partial charge in [-0.1, -0.05) is 13.8 Å². The number of hydrogen-bond donors (Lipinski definition) is 1. The van der Waals surface area contributed by atoms with Gasteiger partial charge in [-0.2, -0.15) is 0 Å². The van der Waals surface area contributed by atoms with Crippen LogP contribution in [-0.2, 0) is 4.89 Å². The van der Waals surface area contributed by atoms with E-state index in [4.69, 9.17) is 5.26 Å². The molecule has 0 aliphatic carbocycles. The molecule has 0 atom stereocenters. The van der Waals surface area contributed by atoms with E-state index in [0.29, 0.717) is 6.61 Å². The molecule has 0 aromatic heterocycles. The van der Waals surface area contributed by atoms with E-state index in [-0.39, 0.29) is 0 Å². The average molecular weight is 133 g/mol. The SMILES string of the molecule is CCN(CC)CCOO. The van der Waals surface area contributed by atoms with Crippen LogP contribution in [0.15, 0.2) is 0 Å². The molecule has 56 valence electrons. The van der Waals surface area contributed by atoms with Gasteiger partial charge in [0.25, 0.3) is 0 Å². The maximum atomic E-state index is 7.98. The van der Waals surface area contributed by atoms with Crippen molar-refractivity contribution in [1.82, 2.24) is 4.90 Å². The highest BCUT2D eigenvalue weighted by Gasteiger charge is 1.95. The van der Waals surface area contributed by atoms with Gasteiger partial charge < -0.3 is 4.90 Å². The summed E-state index contributed by atoms with van der Waals surface area (Å²) in [7, 11) is 0. The summed E-state index contributed by atoms with van der Waals surface area (Å²) >= 11 is 0. The summed E-state index contributed by atoms with van der Waals surface area (Å²) in [5.41, 5.74) is 0. The molecule has 0 aromatic carbocycles. The van der Waals surface area contributed by atoms with Crippen LogP contribution >= 0.6 is 0 Å². The van der Waals surface area contributed by atoms with Crippen LogP contribution < -0.4 is 0 Å². The first-order valence-corrected chi connectivity index (χ1v) is 3.33. The Bertz CT molecular complexity index is 55.0. The van der Waals surface area contributed by atoms with Crippen molar-refractivity contribution in [2.75, 3.05) is 26.2 Å². The molecule has 0 radical (unpaired) electrons. The van der Waals surface area contributed by atoms with Crippen LogP contribution in [0.5, 0.6) is 0 Å². The standard InChI is InChI=1S/C6H15NO2/c1-3-7(4-2)5-6-9-8/h8H,3-6H2,1-2H3. The summed E-state index contributed by atoms with van der Waals surface area (Å²) in [5, 5.41) is 7.98. The lowest BCUT2D eigenvalue weighted by Crippen LogP contribution is -2.26. The molecule has 0 aliphatic heterocycles. The van der Waals surface area contributed by atoms with Gasteiger partial charge in [0, 0.05) is 6.54 Å². The Hall–Kier alpha value is -0.120. The fourth-order valence-electron chi connectivity index (χ4n) is 0.710. The van der Waals surface area contributed by atoms with Gasteiger partial charge in [0.05, 0.1) is 6.61 Å². The first-order chi connectivity index (χ1) is 4.35. The molecule has 0 fully saturated rings. The fourth-order valence-corrected chi connectivity index (χ4v) is 0.710. The molecule has 0 unspecified atom stereocenters. The third kappa shape index (κ3) is 4.39. The monoisotopic (exact) mass is 133 g/mol. The summed E-state index contributed by atoms with van der Waals surface area (Å²) < 4.78 is 0. The molecule has 1 N–H and O–H groups in total. The number of rotatable bonds is 5. The Balaban J connectivity index is 3.09. The highest BCUT2D eigenvalue weighted by Crippen LogP contribution is 1.84. The van der Waals surface area contributed by atoms with Crippen molar-refractivity contribution in [3.05, 3.63) is 0 Å². The Kier molecular flexibility index (Phi) is 5.93. The fraction of sp³-hybridized carbons (Fsp3) is 1.00. The zero-order chi connectivity index (χ0) is 7.11. The number of likely N-dealkylation sites (N-methyl/N-ethyl adjacent to an activating group) is 1. The quantitative estimate of drug-likeness (QED) is 0.445. The third-order valence-electron chi connectivity index (χ3n) is 1.39. The van der Waals surface area contributed by atoms with E-state index in [1.807, 2.05) is 0 Å². The van der Waals surface area contributed by atoms with Crippen molar-refractivity contribution in [2.24, 2.45) is 0 Å². The van der Waals surface area contributed by atoms with Gasteiger partial charge in [0.1, 0.15) is 0 Å². The lowest BCUT2D eigenvalue weighted by atomic mass is 10.5. The second-order valence-electron chi connectivity index (χ2n) is 1.86. The van der Waals surface area contributed by atoms with E-state index in [2.05, 4.69) is 23.6 Å². The molecule has 3 heteroatoms. The van der Waals surface area contributed by atoms with Gasteiger partial charge in [-0.05, 0) is 13.1 Å². The zero-order valence-corrected chi connectivity index (χ0v) is 6.13. The Morgan fingerprint density at radius 2 is 1.89 bits per heavy atom. The Morgan fingerprint density at radius 3 is 2.22 bits per heavy atom. The minimum atomic E-state index is 0.404. The van der Waals surface area contributed by atoms with Gasteiger partial charge in [0.2, 0.25) is 0 Å². The third-order valence-corrected chi connectivity index (χ3v) is 1.39. The second-order valence-corrected chi connectivity index (χ2v) is 1.86. The Morgan fingerprint density at radius 1 is 1.33 bits per heavy atom. The molecule has 0 aromatic rings. The van der Waals surface area contributed by atoms with Crippen molar-refractivity contribution in [3.63, 3.8) is 0 Å². The molecule has 3 nitrogen and oxygen atoms in total. The number of nitrogens with zero attached hydrogens (tertiary/aromatic N) is 1. The molecular formula is C6H15NO2. The van der Waals surface area contributed by atoms with Gasteiger partial charge in [-0.3, -0.25) is 5.26 Å². The average Bonchev–Trinajstić information content (AvgIpc) is 1.91. The highest BCUT2D eigenvalue weighted by atomic mass is 17.1. The van der Waals surface area contributed by atoms with Crippen LogP contribution in [0.25, 0.3) is 0 Å². The maximum Gasteiger partial charge on any atom is 0.0946 e. The molecule has 0 rings (SSSR count). The minimum absolute atomic E-state index is 0.404. The smallest absolute Gasteiger partial charge is 0.0946 e. The number of hydrogen-bond acceptors (Lipinski definition) is 3. The molecule has 0 saturated heterocycles. The zero-order valence-electron chi connectivity index (χ0n) is 6.13. The van der Waals surface area contributed by atoms with Crippen LogP contribution in [0.1, 0.15) is 13.8 Å². The molecular weight excluding hydrogens is 118 g/mol. The van der Waals surface area contributed by atoms with E-state index < -0.39 is 0 Å². The largest absolute Gasteiger partial charge is 0.301 e. The molecule has 0 saturated carbocycles. The molecule has 0 bridgehead atoms. The van der Waals surface area contributed by atoms with Crippen LogP contribution in [0.4, 0.5) is 0 Å². The molecule has 9 heavy (non-hydrogen) atoms. The van der Waals surface area contributed by atoms with E-state index in [1.54, 1.807) is 0 Å². The summed E-state index contributed by atoms with van der Waals surface area (Å²) in [6, 6.07) is 0. The summed E-state index contributed by atoms with van der Waals surface area (Å²) in [6.07, 6.45) is 0. The van der Waals surface area contributed by atoms with Crippen molar-refractivity contribution in [2.45, 2.75) is 13.8 Å². The molecule has 0 spiro atoms. The van der Waals surface area contributed by atoms with E-state index in [0.717, 1.165) is 19.6 Å². The summed E-state index contributed by atoms with van der Waals surface area (Å²) in [5.74, 6) is 0. The van der Waals surface area contributed by atoms with Gasteiger partial charge in [-0.15, -0.1) is 0 Å². The first kappa shape index (κ1) is 8.88. The van der Waals surface area contributed by atoms with Crippen molar-refractivity contribution in [3.8, 4) is 0 Å². The van der Waals surface area contributed by atoms with Gasteiger partial charge in [-0.25, -0.2) is 4.89 Å². The second kappa shape index (κ2) is 6.01. The van der Waals surface area contributed by atoms with E-state index in [9.17, 15) is 0 Å². The predicted octanol–water partition coefficient (Wildman–Crippen LogP) is 0.818. The van der Waals surface area contributed by atoms with Crippen molar-refractivity contribution >= 4 is 0 Å². The predicted molar refractivity (Wildman–Crippen MR) is 36.4 cm³/mol. The first-order valence-electron chi connectivity index (χ1n) is 3.33. The summed E-state index contributed by atoms with van der Waals surface area (Å²) in [6.45, 7) is 7.41. The highest BCUT2D eigenvalue weighted by molar-refractivity contribution is 4.48. The maximum absolute atomic E-state index is 7.98. The summed E-state index contributed by atoms with van der Waals surface area (Å²) in [4.78, 5) is 6.11. The van der Waals surface area contributed by atoms with E-state index in [1.165, 1.54) is 0 Å². The molecule has 0 amide bonds. The van der Waals surface area contributed by atoms with Crippen LogP contribution in [0.3, 0.4) is 0 Å². The van der Waals surface area contributed by atoms with Crippen LogP contribution in [0, 0.1) is 0 Å². The van der Waals surface area contributed by atoms with Gasteiger partial charge >= 0.3 is 0 Å². The van der Waals surface area contributed by atoms with Crippen molar-refractivity contribution in [1.29, 1.82) is 0 Å².